The van der Waals surface area contributed by atoms with E-state index in [0.717, 1.165) is 11.1 Å². The Morgan fingerprint density at radius 1 is 0.968 bits per heavy atom. The third kappa shape index (κ3) is 3.68. The summed E-state index contributed by atoms with van der Waals surface area (Å²) in [6, 6.07) is 17.5. The van der Waals surface area contributed by atoms with Crippen LogP contribution in [0.3, 0.4) is 0 Å². The summed E-state index contributed by atoms with van der Waals surface area (Å²) in [6.07, 6.45) is 0. The Morgan fingerprint density at radius 2 is 1.71 bits per heavy atom. The van der Waals surface area contributed by atoms with Gasteiger partial charge in [0.15, 0.2) is 0 Å². The third-order valence-corrected chi connectivity index (χ3v) is 5.60. The van der Waals surface area contributed by atoms with Gasteiger partial charge in [-0.05, 0) is 61.4 Å². The summed E-state index contributed by atoms with van der Waals surface area (Å²) in [5.41, 5.74) is 3.03. The lowest BCUT2D eigenvalue weighted by Crippen LogP contribution is -2.29. The summed E-state index contributed by atoms with van der Waals surface area (Å²) in [5, 5.41) is 21.7. The fourth-order valence-electron chi connectivity index (χ4n) is 3.87. The molecule has 0 spiro atoms. The molecule has 3 aromatic rings. The second-order valence-corrected chi connectivity index (χ2v) is 8.00. The van der Waals surface area contributed by atoms with Gasteiger partial charge in [0.05, 0.1) is 11.6 Å². The van der Waals surface area contributed by atoms with Crippen molar-refractivity contribution in [3.8, 4) is 5.75 Å². The molecule has 5 nitrogen and oxygen atoms in total. The van der Waals surface area contributed by atoms with Crippen molar-refractivity contribution in [3.63, 3.8) is 0 Å². The predicted molar refractivity (Wildman–Crippen MR) is 120 cm³/mol. The highest BCUT2D eigenvalue weighted by Crippen LogP contribution is 2.43. The van der Waals surface area contributed by atoms with Gasteiger partial charge in [-0.1, -0.05) is 47.5 Å². The number of hydrogen-bond acceptors (Lipinski definition) is 4. The summed E-state index contributed by atoms with van der Waals surface area (Å²) in [5.74, 6) is -1.84. The number of phenols is 1. The molecule has 1 aliphatic rings. The first-order valence-electron chi connectivity index (χ1n) is 9.71. The molecule has 0 aliphatic carbocycles. The van der Waals surface area contributed by atoms with Gasteiger partial charge >= 0.3 is 0 Å². The number of ketones is 1. The zero-order chi connectivity index (χ0) is 22.3. The molecule has 3 aromatic carbocycles. The van der Waals surface area contributed by atoms with Crippen LogP contribution in [-0.2, 0) is 9.59 Å². The van der Waals surface area contributed by atoms with E-state index in [0.29, 0.717) is 21.8 Å². The number of aromatic hydroxyl groups is 1. The number of aliphatic hydroxyl groups is 1. The van der Waals surface area contributed by atoms with Gasteiger partial charge in [0.2, 0.25) is 0 Å². The predicted octanol–water partition coefficient (Wildman–Crippen LogP) is 5.29. The molecule has 1 unspecified atom stereocenters. The van der Waals surface area contributed by atoms with Crippen LogP contribution in [0.25, 0.3) is 5.76 Å². The maximum atomic E-state index is 13.1. The molecule has 0 aromatic heterocycles. The van der Waals surface area contributed by atoms with E-state index in [1.807, 2.05) is 26.0 Å². The van der Waals surface area contributed by atoms with Crippen LogP contribution >= 0.6 is 11.6 Å². The SMILES string of the molecule is Cc1ccc(C)c(/C(O)=C2\C(=O)C(=O)N(c3cccc(Cl)c3)C2c2cccc(O)c2)c1. The zero-order valence-corrected chi connectivity index (χ0v) is 17.7. The number of hydrogen-bond donors (Lipinski definition) is 2. The van der Waals surface area contributed by atoms with E-state index in [9.17, 15) is 19.8 Å². The Kier molecular flexibility index (Phi) is 5.29. The van der Waals surface area contributed by atoms with Crippen molar-refractivity contribution in [2.45, 2.75) is 19.9 Å². The van der Waals surface area contributed by atoms with Crippen LogP contribution in [0.15, 0.2) is 72.3 Å². The van der Waals surface area contributed by atoms with Crippen LogP contribution in [0, 0.1) is 13.8 Å². The lowest BCUT2D eigenvalue weighted by molar-refractivity contribution is -0.132. The van der Waals surface area contributed by atoms with E-state index < -0.39 is 17.7 Å². The Labute approximate surface area is 184 Å². The number of amides is 1. The fourth-order valence-corrected chi connectivity index (χ4v) is 4.06. The van der Waals surface area contributed by atoms with E-state index in [-0.39, 0.29) is 17.1 Å². The zero-order valence-electron chi connectivity index (χ0n) is 17.0. The van der Waals surface area contributed by atoms with Gasteiger partial charge in [0.1, 0.15) is 11.5 Å². The summed E-state index contributed by atoms with van der Waals surface area (Å²) in [6.45, 7) is 3.71. The Balaban J connectivity index is 2.00. The van der Waals surface area contributed by atoms with Gasteiger partial charge < -0.3 is 10.2 Å². The number of aliphatic hydroxyl groups excluding tert-OH is 1. The smallest absolute Gasteiger partial charge is 0.300 e. The first kappa shape index (κ1) is 20.7. The highest BCUT2D eigenvalue weighted by molar-refractivity contribution is 6.51. The van der Waals surface area contributed by atoms with Crippen molar-refractivity contribution >= 4 is 34.7 Å². The summed E-state index contributed by atoms with van der Waals surface area (Å²) in [7, 11) is 0. The number of nitrogens with zero attached hydrogens (tertiary/aromatic N) is 1. The van der Waals surface area contributed by atoms with Gasteiger partial charge in [-0.2, -0.15) is 0 Å². The third-order valence-electron chi connectivity index (χ3n) is 5.36. The van der Waals surface area contributed by atoms with Crippen LogP contribution < -0.4 is 4.90 Å². The average molecular weight is 434 g/mol. The molecule has 156 valence electrons. The summed E-state index contributed by atoms with van der Waals surface area (Å²) >= 11 is 6.14. The minimum atomic E-state index is -0.925. The van der Waals surface area contributed by atoms with E-state index >= 15 is 0 Å². The van der Waals surface area contributed by atoms with Crippen molar-refractivity contribution in [3.05, 3.63) is 99.6 Å². The van der Waals surface area contributed by atoms with E-state index in [2.05, 4.69) is 0 Å². The standard InChI is InChI=1S/C25H20ClNO4/c1-14-9-10-15(2)20(11-14)23(29)21-22(16-5-3-8-19(28)12-16)27(25(31)24(21)30)18-7-4-6-17(26)13-18/h3-13,22,28-29H,1-2H3/b23-21+. The van der Waals surface area contributed by atoms with Crippen LogP contribution in [0.4, 0.5) is 5.69 Å². The second kappa shape index (κ2) is 7.93. The number of aryl methyl sites for hydroxylation is 2. The van der Waals surface area contributed by atoms with Crippen molar-refractivity contribution in [2.75, 3.05) is 4.90 Å². The quantitative estimate of drug-likeness (QED) is 0.334. The molecular formula is C25H20ClNO4. The highest BCUT2D eigenvalue weighted by Gasteiger charge is 2.47. The van der Waals surface area contributed by atoms with E-state index in [1.165, 1.54) is 17.0 Å². The molecule has 31 heavy (non-hydrogen) atoms. The van der Waals surface area contributed by atoms with Crippen molar-refractivity contribution in [2.24, 2.45) is 0 Å². The molecular weight excluding hydrogens is 414 g/mol. The number of carbonyl (C=O) groups excluding carboxylic acids is 2. The van der Waals surface area contributed by atoms with Crippen molar-refractivity contribution in [1.82, 2.24) is 0 Å². The van der Waals surface area contributed by atoms with Gasteiger partial charge in [-0.15, -0.1) is 0 Å². The number of anilines is 1. The molecule has 0 saturated carbocycles. The second-order valence-electron chi connectivity index (χ2n) is 7.56. The van der Waals surface area contributed by atoms with Crippen LogP contribution in [0.1, 0.15) is 28.3 Å². The molecule has 4 rings (SSSR count). The topological polar surface area (TPSA) is 77.8 Å². The first-order chi connectivity index (χ1) is 14.8. The summed E-state index contributed by atoms with van der Waals surface area (Å²) < 4.78 is 0. The number of halogens is 1. The van der Waals surface area contributed by atoms with Crippen LogP contribution in [0.5, 0.6) is 5.75 Å². The number of rotatable bonds is 3. The van der Waals surface area contributed by atoms with Gasteiger partial charge in [0, 0.05) is 16.3 Å². The highest BCUT2D eigenvalue weighted by atomic mass is 35.5. The van der Waals surface area contributed by atoms with E-state index in [1.54, 1.807) is 42.5 Å². The first-order valence-corrected chi connectivity index (χ1v) is 10.1. The fraction of sp³-hybridized carbons (Fsp3) is 0.120. The van der Waals surface area contributed by atoms with Gasteiger partial charge in [-0.3, -0.25) is 14.5 Å². The number of benzene rings is 3. The molecule has 1 aliphatic heterocycles. The van der Waals surface area contributed by atoms with Gasteiger partial charge in [0.25, 0.3) is 11.7 Å². The largest absolute Gasteiger partial charge is 0.508 e. The molecule has 2 N–H and O–H groups in total. The maximum Gasteiger partial charge on any atom is 0.300 e. The molecule has 6 heteroatoms. The Bertz CT molecular complexity index is 1250. The molecule has 0 radical (unpaired) electrons. The normalized spacial score (nSPS) is 17.9. The molecule has 1 atom stereocenters. The summed E-state index contributed by atoms with van der Waals surface area (Å²) in [4.78, 5) is 27.6. The molecule has 1 fully saturated rings. The minimum Gasteiger partial charge on any atom is -0.508 e. The monoisotopic (exact) mass is 433 g/mol. The molecule has 1 saturated heterocycles. The van der Waals surface area contributed by atoms with Crippen molar-refractivity contribution in [1.29, 1.82) is 0 Å². The maximum absolute atomic E-state index is 13.1. The van der Waals surface area contributed by atoms with Crippen molar-refractivity contribution < 1.29 is 19.8 Å². The number of Topliss-reactive ketones (excluding diaryl/α,β-unsaturated/α-hetero) is 1. The lowest BCUT2D eigenvalue weighted by atomic mass is 9.93. The minimum absolute atomic E-state index is 0.0130. The average Bonchev–Trinajstić information content (AvgIpc) is 3.00. The Morgan fingerprint density at radius 3 is 2.42 bits per heavy atom. The van der Waals surface area contributed by atoms with Crippen LogP contribution in [0.2, 0.25) is 5.02 Å². The number of phenolic OH excluding ortho intramolecular Hbond substituents is 1. The number of carbonyl (C=O) groups is 2. The molecule has 1 heterocycles. The molecule has 1 amide bonds. The van der Waals surface area contributed by atoms with E-state index in [4.69, 9.17) is 11.6 Å². The lowest BCUT2D eigenvalue weighted by Gasteiger charge is -2.25. The van der Waals surface area contributed by atoms with Crippen LogP contribution in [-0.4, -0.2) is 21.9 Å². The molecule has 0 bridgehead atoms. The Hall–Kier alpha value is -3.57. The van der Waals surface area contributed by atoms with Gasteiger partial charge in [-0.25, -0.2) is 0 Å².